The van der Waals surface area contributed by atoms with Gasteiger partial charge in [-0.15, -0.1) is 0 Å². The van der Waals surface area contributed by atoms with Crippen LogP contribution in [0, 0.1) is 0 Å². The predicted octanol–water partition coefficient (Wildman–Crippen LogP) is 2.84. The molecule has 0 unspecified atom stereocenters. The third-order valence-corrected chi connectivity index (χ3v) is 3.16. The van der Waals surface area contributed by atoms with Crippen LogP contribution < -0.4 is 16.2 Å². The van der Waals surface area contributed by atoms with Crippen molar-refractivity contribution >= 4 is 40.2 Å². The van der Waals surface area contributed by atoms with Crippen LogP contribution >= 0.6 is 11.7 Å². The number of carbonyl (C=O) groups excluding carboxylic acids is 1. The van der Waals surface area contributed by atoms with Crippen LogP contribution in [0.3, 0.4) is 0 Å². The number of anilines is 2. The number of hydrogen-bond donors (Lipinski definition) is 3. The molecule has 20 heavy (non-hydrogen) atoms. The second-order valence-electron chi connectivity index (χ2n) is 4.04. The van der Waals surface area contributed by atoms with Crippen molar-refractivity contribution in [3.63, 3.8) is 0 Å². The van der Waals surface area contributed by atoms with Crippen molar-refractivity contribution in [2.45, 2.75) is 0 Å². The van der Waals surface area contributed by atoms with Crippen LogP contribution in [0.15, 0.2) is 48.5 Å². The average Bonchev–Trinajstić information content (AvgIpc) is 2.94. The number of carbonyl (C=O) groups is 1. The van der Waals surface area contributed by atoms with E-state index >= 15 is 0 Å². The number of aromatic nitrogens is 2. The van der Waals surface area contributed by atoms with Gasteiger partial charge >= 0.3 is 6.03 Å². The average molecular weight is 285 g/mol. The maximum Gasteiger partial charge on any atom is 0.337 e. The Morgan fingerprint density at radius 1 is 0.950 bits per heavy atom. The van der Waals surface area contributed by atoms with Gasteiger partial charge in [-0.3, -0.25) is 10.9 Å². The Morgan fingerprint density at radius 3 is 2.60 bits per heavy atom. The van der Waals surface area contributed by atoms with Crippen molar-refractivity contribution < 1.29 is 4.79 Å². The van der Waals surface area contributed by atoms with Crippen LogP contribution in [0.25, 0.3) is 11.0 Å². The quantitative estimate of drug-likeness (QED) is 0.646. The first-order valence-corrected chi connectivity index (χ1v) is 6.65. The van der Waals surface area contributed by atoms with Gasteiger partial charge < -0.3 is 5.32 Å². The fraction of sp³-hybridized carbons (Fsp3) is 0. The zero-order valence-corrected chi connectivity index (χ0v) is 11.1. The highest BCUT2D eigenvalue weighted by molar-refractivity contribution is 7.00. The van der Waals surface area contributed by atoms with E-state index in [4.69, 9.17) is 0 Å². The van der Waals surface area contributed by atoms with E-state index in [2.05, 4.69) is 24.9 Å². The molecule has 100 valence electrons. The third-order valence-electron chi connectivity index (χ3n) is 2.61. The standard InChI is InChI=1S/C13H11N5OS/c19-13(16-15-9-4-2-1-3-5-9)14-10-6-7-11-12(8-10)18-20-17-11/h1-8,15H,(H2,14,16,19). The minimum atomic E-state index is -0.351. The maximum absolute atomic E-state index is 11.7. The lowest BCUT2D eigenvalue weighted by Crippen LogP contribution is -2.33. The summed E-state index contributed by atoms with van der Waals surface area (Å²) in [6.07, 6.45) is 0. The number of nitrogens with zero attached hydrogens (tertiary/aromatic N) is 2. The number of rotatable bonds is 3. The molecule has 1 aromatic heterocycles. The summed E-state index contributed by atoms with van der Waals surface area (Å²) >= 11 is 1.15. The number of fused-ring (bicyclic) bond motifs is 1. The van der Waals surface area contributed by atoms with E-state index in [9.17, 15) is 4.79 Å². The largest absolute Gasteiger partial charge is 0.337 e. The van der Waals surface area contributed by atoms with Crippen LogP contribution in [0.4, 0.5) is 16.2 Å². The molecule has 0 aliphatic heterocycles. The summed E-state index contributed by atoms with van der Waals surface area (Å²) in [4.78, 5) is 11.7. The molecule has 0 aliphatic carbocycles. The Hall–Kier alpha value is -2.67. The van der Waals surface area contributed by atoms with Gasteiger partial charge in [0.25, 0.3) is 0 Å². The van der Waals surface area contributed by atoms with Crippen LogP contribution in [-0.4, -0.2) is 14.8 Å². The number of para-hydroxylation sites is 1. The van der Waals surface area contributed by atoms with E-state index in [1.807, 2.05) is 36.4 Å². The van der Waals surface area contributed by atoms with E-state index in [0.717, 1.165) is 28.4 Å². The number of hydrogen-bond acceptors (Lipinski definition) is 5. The highest BCUT2D eigenvalue weighted by atomic mass is 32.1. The second kappa shape index (κ2) is 5.54. The summed E-state index contributed by atoms with van der Waals surface area (Å²) in [5.41, 5.74) is 8.43. The van der Waals surface area contributed by atoms with E-state index in [1.165, 1.54) is 0 Å². The van der Waals surface area contributed by atoms with Crippen molar-refractivity contribution in [3.05, 3.63) is 48.5 Å². The third kappa shape index (κ3) is 2.83. The second-order valence-corrected chi connectivity index (χ2v) is 4.57. The Labute approximate surface area is 119 Å². The van der Waals surface area contributed by atoms with E-state index in [1.54, 1.807) is 12.1 Å². The summed E-state index contributed by atoms with van der Waals surface area (Å²) in [5, 5.41) is 2.72. The van der Waals surface area contributed by atoms with Gasteiger partial charge in [-0.1, -0.05) is 18.2 Å². The molecule has 0 aliphatic rings. The number of benzene rings is 2. The molecule has 0 spiro atoms. The highest BCUT2D eigenvalue weighted by Crippen LogP contribution is 2.16. The topological polar surface area (TPSA) is 78.9 Å². The normalized spacial score (nSPS) is 10.2. The van der Waals surface area contributed by atoms with Gasteiger partial charge in [0.05, 0.1) is 17.4 Å². The fourth-order valence-electron chi connectivity index (χ4n) is 1.67. The number of hydrazine groups is 1. The Balaban J connectivity index is 1.61. The highest BCUT2D eigenvalue weighted by Gasteiger charge is 2.04. The molecule has 0 saturated carbocycles. The van der Waals surface area contributed by atoms with Gasteiger partial charge in [-0.05, 0) is 30.3 Å². The zero-order valence-electron chi connectivity index (χ0n) is 10.3. The smallest absolute Gasteiger partial charge is 0.307 e. The van der Waals surface area contributed by atoms with Crippen molar-refractivity contribution in [1.82, 2.24) is 14.2 Å². The van der Waals surface area contributed by atoms with Gasteiger partial charge in [0.15, 0.2) is 0 Å². The molecule has 0 saturated heterocycles. The first-order valence-electron chi connectivity index (χ1n) is 5.92. The number of urea groups is 1. The summed E-state index contributed by atoms with van der Waals surface area (Å²) < 4.78 is 8.23. The molecule has 1 heterocycles. The lowest BCUT2D eigenvalue weighted by molar-refractivity contribution is 0.254. The molecular weight excluding hydrogens is 274 g/mol. The Morgan fingerprint density at radius 2 is 1.75 bits per heavy atom. The molecule has 0 radical (unpaired) electrons. The molecule has 3 rings (SSSR count). The van der Waals surface area contributed by atoms with E-state index < -0.39 is 0 Å². The Kier molecular flexibility index (Phi) is 3.42. The van der Waals surface area contributed by atoms with Gasteiger partial charge in [-0.25, -0.2) is 4.79 Å². The van der Waals surface area contributed by atoms with E-state index in [0.29, 0.717) is 5.69 Å². The SMILES string of the molecule is O=C(NNc1ccccc1)Nc1ccc2nsnc2c1. The zero-order chi connectivity index (χ0) is 13.8. The molecule has 6 nitrogen and oxygen atoms in total. The van der Waals surface area contributed by atoms with Crippen molar-refractivity contribution in [2.75, 3.05) is 10.7 Å². The summed E-state index contributed by atoms with van der Waals surface area (Å²) in [6.45, 7) is 0. The minimum absolute atomic E-state index is 0.351. The van der Waals surface area contributed by atoms with Crippen LogP contribution in [0.1, 0.15) is 0 Å². The van der Waals surface area contributed by atoms with Crippen molar-refractivity contribution in [1.29, 1.82) is 0 Å². The van der Waals surface area contributed by atoms with Gasteiger partial charge in [0, 0.05) is 5.69 Å². The van der Waals surface area contributed by atoms with E-state index in [-0.39, 0.29) is 6.03 Å². The molecule has 0 atom stereocenters. The molecule has 3 aromatic rings. The first kappa shape index (κ1) is 12.4. The molecule has 7 heteroatoms. The molecule has 2 amide bonds. The van der Waals surface area contributed by atoms with Crippen LogP contribution in [-0.2, 0) is 0 Å². The van der Waals surface area contributed by atoms with Crippen LogP contribution in [0.2, 0.25) is 0 Å². The van der Waals surface area contributed by atoms with Gasteiger partial charge in [0.2, 0.25) is 0 Å². The first-order chi connectivity index (χ1) is 9.81. The number of amides is 2. The minimum Gasteiger partial charge on any atom is -0.307 e. The van der Waals surface area contributed by atoms with Crippen molar-refractivity contribution in [3.8, 4) is 0 Å². The lowest BCUT2D eigenvalue weighted by atomic mass is 10.3. The summed E-state index contributed by atoms with van der Waals surface area (Å²) in [7, 11) is 0. The summed E-state index contributed by atoms with van der Waals surface area (Å²) in [5.74, 6) is 0. The number of nitrogens with one attached hydrogen (secondary N) is 3. The lowest BCUT2D eigenvalue weighted by Gasteiger charge is -2.09. The molecular formula is C13H11N5OS. The van der Waals surface area contributed by atoms with Gasteiger partial charge in [0.1, 0.15) is 11.0 Å². The summed E-state index contributed by atoms with van der Waals surface area (Å²) in [6, 6.07) is 14.4. The molecule has 2 aromatic carbocycles. The predicted molar refractivity (Wildman–Crippen MR) is 79.6 cm³/mol. The fourth-order valence-corrected chi connectivity index (χ4v) is 2.19. The van der Waals surface area contributed by atoms with Crippen molar-refractivity contribution in [2.24, 2.45) is 0 Å². The van der Waals surface area contributed by atoms with Gasteiger partial charge in [-0.2, -0.15) is 8.75 Å². The maximum atomic E-state index is 11.7. The molecule has 0 bridgehead atoms. The molecule has 3 N–H and O–H groups in total. The Bertz CT molecular complexity index is 728. The molecule has 0 fully saturated rings. The van der Waals surface area contributed by atoms with Crippen LogP contribution in [0.5, 0.6) is 0 Å². The monoisotopic (exact) mass is 285 g/mol.